The zero-order valence-corrected chi connectivity index (χ0v) is 34.0. The molecule has 292 valence electrons. The average molecular weight is 711 g/mol. The molecule has 0 bridgehead atoms. The van der Waals surface area contributed by atoms with E-state index in [2.05, 4.69) is 76.3 Å². The smallest absolute Gasteiger partial charge is 0.510 e. The Labute approximate surface area is 317 Å². The molecule has 0 amide bonds. The van der Waals surface area contributed by atoms with Crippen LogP contribution in [0.15, 0.2) is 48.6 Å². The number of unbranched alkanes of at least 4 members (excludes halogenated alkanes) is 18. The third-order valence-electron chi connectivity index (χ3n) is 9.08. The maximum absolute atomic E-state index is 12.7. The van der Waals surface area contributed by atoms with Gasteiger partial charge in [0.2, 0.25) is 0 Å². The van der Waals surface area contributed by atoms with Crippen LogP contribution in [0.4, 0.5) is 0 Å². The maximum Gasteiger partial charge on any atom is 0.514 e. The first-order chi connectivity index (χ1) is 25.1. The molecule has 0 atom stereocenters. The van der Waals surface area contributed by atoms with Crippen LogP contribution < -0.4 is 0 Å². The summed E-state index contributed by atoms with van der Waals surface area (Å²) in [6, 6.07) is 0. The third kappa shape index (κ3) is 37.6. The van der Waals surface area contributed by atoms with Gasteiger partial charge in [-0.2, -0.15) is 0 Å². The fourth-order valence-electron chi connectivity index (χ4n) is 5.79. The van der Waals surface area contributed by atoms with Crippen LogP contribution >= 0.6 is 0 Å². The summed E-state index contributed by atoms with van der Waals surface area (Å²) in [7, 11) is -1.33. The molecule has 0 heterocycles. The van der Waals surface area contributed by atoms with Crippen LogP contribution in [-0.2, 0) is 23.5 Å². The van der Waals surface area contributed by atoms with Gasteiger partial charge in [-0.1, -0.05) is 166 Å². The largest absolute Gasteiger partial charge is 0.514 e. The van der Waals surface area contributed by atoms with Crippen molar-refractivity contribution < 1.29 is 23.5 Å². The Morgan fingerprint density at radius 3 is 1.06 bits per heavy atom. The molecule has 0 radical (unpaired) electrons. The Kier molecular flexibility index (Phi) is 39.1. The molecule has 0 saturated heterocycles. The molecule has 0 spiro atoms. The highest BCUT2D eigenvalue weighted by Crippen LogP contribution is 2.16. The van der Waals surface area contributed by atoms with Crippen molar-refractivity contribution in [1.82, 2.24) is 0 Å². The van der Waals surface area contributed by atoms with Crippen molar-refractivity contribution in [1.29, 1.82) is 0 Å². The summed E-state index contributed by atoms with van der Waals surface area (Å²) >= 11 is 0. The minimum atomic E-state index is -0.666. The number of hydrogen-bond donors (Lipinski definition) is 0. The van der Waals surface area contributed by atoms with E-state index in [0.29, 0.717) is 25.5 Å². The van der Waals surface area contributed by atoms with Crippen LogP contribution in [0, 0.1) is 0 Å². The number of carbonyl (C=O) groups excluding carboxylic acids is 2. The van der Waals surface area contributed by atoms with E-state index in [1.807, 2.05) is 0 Å². The van der Waals surface area contributed by atoms with Gasteiger partial charge in [-0.15, -0.1) is 0 Å². The van der Waals surface area contributed by atoms with Crippen LogP contribution in [0.5, 0.6) is 0 Å². The summed E-state index contributed by atoms with van der Waals surface area (Å²) in [6.45, 7) is 8.71. The number of carbonyl (C=O) groups is 2. The highest BCUT2D eigenvalue weighted by atomic mass is 16.7. The SMILES string of the molecule is CCCCCC=CCC=CCCCCCCCC(=O)OB(CCCC)OB(CCCC)OC(=O)CCCCCCCC=CCC=CCCCCC. The van der Waals surface area contributed by atoms with Gasteiger partial charge in [0.1, 0.15) is 0 Å². The summed E-state index contributed by atoms with van der Waals surface area (Å²) in [5.41, 5.74) is 0. The molecule has 0 saturated carbocycles. The van der Waals surface area contributed by atoms with Crippen molar-refractivity contribution in [2.75, 3.05) is 0 Å². The summed E-state index contributed by atoms with van der Waals surface area (Å²) in [5.74, 6) is -0.431. The standard InChI is InChI=1S/C44H80B2O5/c1-5-9-13-15-17-19-21-23-25-27-29-31-33-35-37-39-43(47)49-45(41-11-7-3)51-46(42-12-8-4)50-44(48)40-38-36-34-32-30-28-26-24-22-20-18-16-14-10-6-2/h17-20,23-26H,5-16,21-22,27-42H2,1-4H3. The Morgan fingerprint density at radius 2 is 0.706 bits per heavy atom. The Bertz CT molecular complexity index is 815. The fraction of sp³-hybridized carbons (Fsp3) is 0.773. The van der Waals surface area contributed by atoms with Gasteiger partial charge in [0.15, 0.2) is 0 Å². The van der Waals surface area contributed by atoms with Gasteiger partial charge >= 0.3 is 14.2 Å². The van der Waals surface area contributed by atoms with Gasteiger partial charge in [0.25, 0.3) is 11.9 Å². The van der Waals surface area contributed by atoms with Crippen molar-refractivity contribution in [3.05, 3.63) is 48.6 Å². The van der Waals surface area contributed by atoms with Gasteiger partial charge in [-0.25, -0.2) is 0 Å². The van der Waals surface area contributed by atoms with Crippen LogP contribution in [0.1, 0.15) is 207 Å². The topological polar surface area (TPSA) is 61.8 Å². The summed E-state index contributed by atoms with van der Waals surface area (Å²) in [5, 5.41) is 0. The van der Waals surface area contributed by atoms with E-state index in [-0.39, 0.29) is 11.9 Å². The van der Waals surface area contributed by atoms with Gasteiger partial charge < -0.3 is 13.9 Å². The van der Waals surface area contributed by atoms with E-state index in [1.165, 1.54) is 77.0 Å². The van der Waals surface area contributed by atoms with E-state index in [4.69, 9.17) is 13.9 Å². The van der Waals surface area contributed by atoms with Crippen LogP contribution in [0.2, 0.25) is 12.6 Å². The lowest BCUT2D eigenvalue weighted by molar-refractivity contribution is -0.136. The van der Waals surface area contributed by atoms with Crippen LogP contribution in [0.3, 0.4) is 0 Å². The minimum absolute atomic E-state index is 0.215. The lowest BCUT2D eigenvalue weighted by Gasteiger charge is -2.20. The fourth-order valence-corrected chi connectivity index (χ4v) is 5.79. The van der Waals surface area contributed by atoms with Gasteiger partial charge in [-0.3, -0.25) is 9.59 Å². The van der Waals surface area contributed by atoms with Crippen molar-refractivity contribution in [3.63, 3.8) is 0 Å². The molecule has 0 rings (SSSR count). The zero-order valence-electron chi connectivity index (χ0n) is 34.0. The first-order valence-electron chi connectivity index (χ1n) is 21.7. The van der Waals surface area contributed by atoms with Gasteiger partial charge in [-0.05, 0) is 89.7 Å². The third-order valence-corrected chi connectivity index (χ3v) is 9.08. The average Bonchev–Trinajstić information content (AvgIpc) is 3.12. The molecule has 0 aliphatic heterocycles. The van der Waals surface area contributed by atoms with Crippen LogP contribution in [0.25, 0.3) is 0 Å². The van der Waals surface area contributed by atoms with E-state index in [9.17, 15) is 9.59 Å². The molecule has 0 aromatic carbocycles. The number of hydrogen-bond acceptors (Lipinski definition) is 5. The second-order valence-electron chi connectivity index (χ2n) is 14.2. The molecule has 0 aliphatic carbocycles. The predicted molar refractivity (Wildman–Crippen MR) is 223 cm³/mol. The Balaban J connectivity index is 4.25. The normalized spacial score (nSPS) is 11.8. The molecule has 0 aliphatic rings. The van der Waals surface area contributed by atoms with E-state index in [0.717, 1.165) is 89.9 Å². The quantitative estimate of drug-likeness (QED) is 0.0363. The predicted octanol–water partition coefficient (Wildman–Crippen LogP) is 14.3. The Morgan fingerprint density at radius 1 is 0.392 bits per heavy atom. The first-order valence-corrected chi connectivity index (χ1v) is 21.7. The number of allylic oxidation sites excluding steroid dienone is 8. The lowest BCUT2D eigenvalue weighted by atomic mass is 9.73. The molecule has 0 unspecified atom stereocenters. The van der Waals surface area contributed by atoms with E-state index >= 15 is 0 Å². The molecule has 0 aromatic heterocycles. The van der Waals surface area contributed by atoms with E-state index < -0.39 is 14.2 Å². The second-order valence-corrected chi connectivity index (χ2v) is 14.2. The minimum Gasteiger partial charge on any atom is -0.510 e. The van der Waals surface area contributed by atoms with Gasteiger partial charge in [0.05, 0.1) is 0 Å². The van der Waals surface area contributed by atoms with Crippen molar-refractivity contribution in [2.24, 2.45) is 0 Å². The summed E-state index contributed by atoms with van der Waals surface area (Å²) < 4.78 is 17.7. The molecular weight excluding hydrogens is 630 g/mol. The molecular formula is C44H80B2O5. The van der Waals surface area contributed by atoms with Gasteiger partial charge in [0, 0.05) is 12.8 Å². The molecule has 0 fully saturated rings. The highest BCUT2D eigenvalue weighted by Gasteiger charge is 2.32. The number of rotatable bonds is 38. The van der Waals surface area contributed by atoms with Crippen molar-refractivity contribution >= 4 is 26.2 Å². The highest BCUT2D eigenvalue weighted by molar-refractivity contribution is 6.61. The molecule has 7 heteroatoms. The monoisotopic (exact) mass is 711 g/mol. The maximum atomic E-state index is 12.7. The van der Waals surface area contributed by atoms with Crippen molar-refractivity contribution in [2.45, 2.75) is 220 Å². The molecule has 0 aromatic rings. The molecule has 5 nitrogen and oxygen atoms in total. The zero-order chi connectivity index (χ0) is 37.3. The summed E-state index contributed by atoms with van der Waals surface area (Å²) in [4.78, 5) is 25.4. The van der Waals surface area contributed by atoms with Crippen molar-refractivity contribution in [3.8, 4) is 0 Å². The first kappa shape index (κ1) is 49.0. The lowest BCUT2D eigenvalue weighted by Crippen LogP contribution is -2.37. The Hall–Kier alpha value is -2.01. The molecule has 0 N–H and O–H groups in total. The van der Waals surface area contributed by atoms with Crippen LogP contribution in [-0.4, -0.2) is 26.2 Å². The summed E-state index contributed by atoms with van der Waals surface area (Å²) in [6.07, 6.45) is 49.4. The van der Waals surface area contributed by atoms with E-state index in [1.54, 1.807) is 0 Å². The second kappa shape index (κ2) is 40.8. The molecule has 51 heavy (non-hydrogen) atoms.